The van der Waals surface area contributed by atoms with Crippen LogP contribution < -0.4 is 5.73 Å². The van der Waals surface area contributed by atoms with Crippen LogP contribution in [0.5, 0.6) is 0 Å². The van der Waals surface area contributed by atoms with E-state index in [9.17, 15) is 9.59 Å². The zero-order valence-electron chi connectivity index (χ0n) is 12.2. The molecule has 1 unspecified atom stereocenters. The Hall–Kier alpha value is -2.04. The number of nitrogen functional groups attached to an aromatic ring is 1. The van der Waals surface area contributed by atoms with Crippen LogP contribution in [0.4, 0.5) is 5.69 Å². The monoisotopic (exact) mass is 275 g/mol. The first-order chi connectivity index (χ1) is 9.40. The zero-order valence-corrected chi connectivity index (χ0v) is 12.2. The van der Waals surface area contributed by atoms with Gasteiger partial charge in [-0.15, -0.1) is 0 Å². The molecule has 0 bridgehead atoms. The number of nitrogens with zero attached hydrogens (tertiary/aromatic N) is 2. The van der Waals surface area contributed by atoms with Crippen LogP contribution in [-0.4, -0.2) is 48.3 Å². The molecule has 20 heavy (non-hydrogen) atoms. The van der Waals surface area contributed by atoms with Crippen molar-refractivity contribution in [3.63, 3.8) is 0 Å². The number of likely N-dealkylation sites (N-methyl/N-ethyl adjacent to an activating group) is 1. The van der Waals surface area contributed by atoms with E-state index in [1.165, 1.54) is 0 Å². The van der Waals surface area contributed by atoms with Gasteiger partial charge < -0.3 is 15.5 Å². The van der Waals surface area contributed by atoms with Gasteiger partial charge in [0.2, 0.25) is 5.91 Å². The van der Waals surface area contributed by atoms with Gasteiger partial charge in [-0.1, -0.05) is 0 Å². The van der Waals surface area contributed by atoms with Crippen LogP contribution in [0.1, 0.15) is 28.8 Å². The maximum absolute atomic E-state index is 12.6. The number of hydrogen-bond donors (Lipinski definition) is 1. The van der Waals surface area contributed by atoms with E-state index in [1.54, 1.807) is 30.0 Å². The quantitative estimate of drug-likeness (QED) is 0.827. The minimum Gasteiger partial charge on any atom is -0.399 e. The number of hydrogen-bond acceptors (Lipinski definition) is 3. The number of likely N-dealkylation sites (tertiary alicyclic amines) is 1. The van der Waals surface area contributed by atoms with Gasteiger partial charge in [-0.05, 0) is 43.5 Å². The molecule has 1 fully saturated rings. The molecular weight excluding hydrogens is 254 g/mol. The maximum Gasteiger partial charge on any atom is 0.254 e. The predicted molar refractivity (Wildman–Crippen MR) is 78.3 cm³/mol. The minimum atomic E-state index is -0.348. The lowest BCUT2D eigenvalue weighted by Gasteiger charge is -2.26. The van der Waals surface area contributed by atoms with E-state index >= 15 is 0 Å². The Morgan fingerprint density at radius 2 is 2.00 bits per heavy atom. The van der Waals surface area contributed by atoms with Crippen LogP contribution in [0, 0.1) is 6.92 Å². The van der Waals surface area contributed by atoms with Crippen molar-refractivity contribution in [3.8, 4) is 0 Å². The molecule has 108 valence electrons. The molecule has 0 radical (unpaired) electrons. The summed E-state index contributed by atoms with van der Waals surface area (Å²) in [6.07, 6.45) is 1.58. The fourth-order valence-electron chi connectivity index (χ4n) is 2.67. The van der Waals surface area contributed by atoms with E-state index in [-0.39, 0.29) is 17.9 Å². The number of nitrogens with two attached hydrogens (primary N) is 1. The summed E-state index contributed by atoms with van der Waals surface area (Å²) in [6, 6.07) is 4.96. The summed E-state index contributed by atoms with van der Waals surface area (Å²) >= 11 is 0. The fourth-order valence-corrected chi connectivity index (χ4v) is 2.67. The molecule has 2 rings (SSSR count). The summed E-state index contributed by atoms with van der Waals surface area (Å²) in [5.41, 5.74) is 7.87. The van der Waals surface area contributed by atoms with E-state index in [0.29, 0.717) is 17.8 Å². The van der Waals surface area contributed by atoms with Gasteiger partial charge in [-0.25, -0.2) is 0 Å². The van der Waals surface area contributed by atoms with E-state index in [1.807, 2.05) is 19.1 Å². The van der Waals surface area contributed by atoms with E-state index < -0.39 is 0 Å². The first kappa shape index (κ1) is 14.4. The SMILES string of the molecule is Cc1cc(N)cc(C(=O)N2CCCC2C(=O)N(C)C)c1. The van der Waals surface area contributed by atoms with E-state index in [4.69, 9.17) is 5.73 Å². The van der Waals surface area contributed by atoms with Gasteiger partial charge in [0.15, 0.2) is 0 Å². The number of aryl methyl sites for hydroxylation is 1. The van der Waals surface area contributed by atoms with Crippen molar-refractivity contribution in [3.05, 3.63) is 29.3 Å². The number of rotatable bonds is 2. The second-order valence-corrected chi connectivity index (χ2v) is 5.52. The summed E-state index contributed by atoms with van der Waals surface area (Å²) in [7, 11) is 3.43. The summed E-state index contributed by atoms with van der Waals surface area (Å²) in [6.45, 7) is 2.52. The van der Waals surface area contributed by atoms with Gasteiger partial charge in [0.25, 0.3) is 5.91 Å². The molecule has 1 aromatic carbocycles. The van der Waals surface area contributed by atoms with Gasteiger partial charge in [-0.2, -0.15) is 0 Å². The predicted octanol–water partition coefficient (Wildman–Crippen LogP) is 1.27. The first-order valence-corrected chi connectivity index (χ1v) is 6.79. The van der Waals surface area contributed by atoms with E-state index in [2.05, 4.69) is 0 Å². The first-order valence-electron chi connectivity index (χ1n) is 6.79. The molecule has 1 atom stereocenters. The molecule has 1 heterocycles. The fraction of sp³-hybridized carbons (Fsp3) is 0.467. The molecule has 0 aliphatic carbocycles. The second kappa shape index (κ2) is 5.53. The average molecular weight is 275 g/mol. The second-order valence-electron chi connectivity index (χ2n) is 5.52. The number of carbonyl (C=O) groups is 2. The molecule has 1 aliphatic rings. The maximum atomic E-state index is 12.6. The molecule has 0 aromatic heterocycles. The van der Waals surface area contributed by atoms with Crippen molar-refractivity contribution in [2.24, 2.45) is 0 Å². The third-order valence-corrected chi connectivity index (χ3v) is 3.59. The van der Waals surface area contributed by atoms with Crippen molar-refractivity contribution >= 4 is 17.5 Å². The van der Waals surface area contributed by atoms with Crippen LogP contribution >= 0.6 is 0 Å². The Bertz CT molecular complexity index is 520. The van der Waals surface area contributed by atoms with Crippen LogP contribution in [-0.2, 0) is 4.79 Å². The van der Waals surface area contributed by atoms with Crippen molar-refractivity contribution in [2.75, 3.05) is 26.4 Å². The van der Waals surface area contributed by atoms with Crippen LogP contribution in [0.2, 0.25) is 0 Å². The highest BCUT2D eigenvalue weighted by Gasteiger charge is 2.35. The van der Waals surface area contributed by atoms with E-state index in [0.717, 1.165) is 18.4 Å². The molecule has 5 heteroatoms. The van der Waals surface area contributed by atoms with Crippen molar-refractivity contribution in [2.45, 2.75) is 25.8 Å². The third kappa shape index (κ3) is 2.76. The highest BCUT2D eigenvalue weighted by atomic mass is 16.2. The van der Waals surface area contributed by atoms with Crippen LogP contribution in [0.15, 0.2) is 18.2 Å². The van der Waals surface area contributed by atoms with Gasteiger partial charge in [0.1, 0.15) is 6.04 Å². The lowest BCUT2D eigenvalue weighted by molar-refractivity contribution is -0.132. The normalized spacial score (nSPS) is 18.1. The zero-order chi connectivity index (χ0) is 14.9. The molecule has 2 N–H and O–H groups in total. The Balaban J connectivity index is 2.25. The topological polar surface area (TPSA) is 66.6 Å². The summed E-state index contributed by atoms with van der Waals surface area (Å²) in [5.74, 6) is -0.130. The number of anilines is 1. The van der Waals surface area contributed by atoms with Gasteiger partial charge >= 0.3 is 0 Å². The highest BCUT2D eigenvalue weighted by Crippen LogP contribution is 2.22. The lowest BCUT2D eigenvalue weighted by Crippen LogP contribution is -2.45. The van der Waals surface area contributed by atoms with Gasteiger partial charge in [-0.3, -0.25) is 9.59 Å². The molecule has 0 saturated carbocycles. The molecule has 1 aliphatic heterocycles. The van der Waals surface area contributed by atoms with Crippen molar-refractivity contribution < 1.29 is 9.59 Å². The minimum absolute atomic E-state index is 0.0172. The molecule has 1 saturated heterocycles. The smallest absolute Gasteiger partial charge is 0.254 e. The molecule has 1 aromatic rings. The Morgan fingerprint density at radius 1 is 1.30 bits per heavy atom. The van der Waals surface area contributed by atoms with Crippen LogP contribution in [0.3, 0.4) is 0 Å². The van der Waals surface area contributed by atoms with Gasteiger partial charge in [0.05, 0.1) is 0 Å². The molecule has 2 amide bonds. The summed E-state index contributed by atoms with van der Waals surface area (Å²) in [4.78, 5) is 27.9. The number of benzene rings is 1. The Kier molecular flexibility index (Phi) is 3.97. The number of amides is 2. The van der Waals surface area contributed by atoms with Crippen molar-refractivity contribution in [1.29, 1.82) is 0 Å². The lowest BCUT2D eigenvalue weighted by atomic mass is 10.1. The largest absolute Gasteiger partial charge is 0.399 e. The van der Waals surface area contributed by atoms with Crippen LogP contribution in [0.25, 0.3) is 0 Å². The molecular formula is C15H21N3O2. The summed E-state index contributed by atoms with van der Waals surface area (Å²) < 4.78 is 0. The molecule has 0 spiro atoms. The number of carbonyl (C=O) groups excluding carboxylic acids is 2. The van der Waals surface area contributed by atoms with Crippen molar-refractivity contribution in [1.82, 2.24) is 9.80 Å². The third-order valence-electron chi connectivity index (χ3n) is 3.59. The Morgan fingerprint density at radius 3 is 2.60 bits per heavy atom. The molecule has 5 nitrogen and oxygen atoms in total. The Labute approximate surface area is 119 Å². The van der Waals surface area contributed by atoms with Gasteiger partial charge in [0, 0.05) is 31.9 Å². The summed E-state index contributed by atoms with van der Waals surface area (Å²) in [5, 5.41) is 0. The highest BCUT2D eigenvalue weighted by molar-refractivity contribution is 5.98. The average Bonchev–Trinajstić information content (AvgIpc) is 2.84. The standard InChI is InChI=1S/C15H21N3O2/c1-10-7-11(9-12(16)8-10)14(19)18-6-4-5-13(18)15(20)17(2)3/h7-9,13H,4-6,16H2,1-3H3.